The smallest absolute Gasteiger partial charge is 0.250 e. The normalized spacial score (nSPS) is 14.8. The van der Waals surface area contributed by atoms with E-state index in [1.54, 1.807) is 12.1 Å². The van der Waals surface area contributed by atoms with Gasteiger partial charge in [-0.05, 0) is 37.0 Å². The molecule has 1 fully saturated rings. The molecule has 0 atom stereocenters. The molecule has 0 aromatic heterocycles. The second kappa shape index (κ2) is 4.04. The van der Waals surface area contributed by atoms with Gasteiger partial charge in [-0.25, -0.2) is 0 Å². The Kier molecular flexibility index (Phi) is 2.73. The molecule has 1 aliphatic rings. The van der Waals surface area contributed by atoms with Crippen LogP contribution in [0.25, 0.3) is 0 Å². The van der Waals surface area contributed by atoms with E-state index in [0.717, 1.165) is 18.2 Å². The van der Waals surface area contributed by atoms with Crippen molar-refractivity contribution in [3.8, 4) is 0 Å². The summed E-state index contributed by atoms with van der Waals surface area (Å²) in [5, 5.41) is 0. The van der Waals surface area contributed by atoms with Crippen molar-refractivity contribution in [3.63, 3.8) is 0 Å². The molecule has 1 aromatic carbocycles. The molecule has 1 saturated carbocycles. The molecule has 0 saturated heterocycles. The summed E-state index contributed by atoms with van der Waals surface area (Å²) in [7, 11) is 1.98. The Bertz CT molecular complexity index is 413. The number of nitrogen functional groups attached to an aromatic ring is 1. The molecule has 16 heavy (non-hydrogen) atoms. The lowest BCUT2D eigenvalue weighted by Gasteiger charge is -2.21. The van der Waals surface area contributed by atoms with Crippen molar-refractivity contribution >= 4 is 17.3 Å². The fraction of sp³-hybridized carbons (Fsp3) is 0.417. The van der Waals surface area contributed by atoms with E-state index in [1.165, 1.54) is 12.8 Å². The predicted octanol–water partition coefficient (Wildman–Crippen LogP) is 1.21. The van der Waals surface area contributed by atoms with Crippen LogP contribution in [-0.2, 0) is 0 Å². The van der Waals surface area contributed by atoms with Crippen LogP contribution in [0, 0.1) is 5.92 Å². The van der Waals surface area contributed by atoms with Gasteiger partial charge in [0.2, 0.25) is 0 Å². The number of nitrogens with two attached hydrogens (primary N) is 2. The van der Waals surface area contributed by atoms with E-state index in [0.29, 0.717) is 11.3 Å². The van der Waals surface area contributed by atoms with Crippen LogP contribution in [0.4, 0.5) is 11.4 Å². The highest BCUT2D eigenvalue weighted by molar-refractivity contribution is 5.99. The quantitative estimate of drug-likeness (QED) is 0.748. The van der Waals surface area contributed by atoms with Gasteiger partial charge in [0.15, 0.2) is 0 Å². The van der Waals surface area contributed by atoms with Gasteiger partial charge >= 0.3 is 0 Å². The van der Waals surface area contributed by atoms with Crippen molar-refractivity contribution in [2.24, 2.45) is 11.7 Å². The van der Waals surface area contributed by atoms with Crippen LogP contribution in [0.3, 0.4) is 0 Å². The van der Waals surface area contributed by atoms with Gasteiger partial charge in [0.05, 0.1) is 5.56 Å². The number of rotatable bonds is 4. The summed E-state index contributed by atoms with van der Waals surface area (Å²) in [6.07, 6.45) is 2.57. The fourth-order valence-corrected chi connectivity index (χ4v) is 1.87. The van der Waals surface area contributed by atoms with Gasteiger partial charge in [0.1, 0.15) is 0 Å². The number of carbonyl (C=O) groups excluding carboxylic acids is 1. The van der Waals surface area contributed by atoms with E-state index in [2.05, 4.69) is 4.90 Å². The van der Waals surface area contributed by atoms with Crippen LogP contribution in [0.2, 0.25) is 0 Å². The summed E-state index contributed by atoms with van der Waals surface area (Å²) in [6.45, 7) is 0.976. The van der Waals surface area contributed by atoms with Crippen LogP contribution in [0.5, 0.6) is 0 Å². The van der Waals surface area contributed by atoms with Gasteiger partial charge in [0, 0.05) is 25.0 Å². The Morgan fingerprint density at radius 1 is 1.50 bits per heavy atom. The average Bonchev–Trinajstić information content (AvgIpc) is 3.01. The number of hydrogen-bond acceptors (Lipinski definition) is 3. The standard InChI is InChI=1S/C12H17N3O/c1-15(7-8-2-3-8)11-5-4-9(13)6-10(11)12(14)16/h4-6,8H,2-3,7,13H2,1H3,(H2,14,16). The molecule has 0 heterocycles. The summed E-state index contributed by atoms with van der Waals surface area (Å²) in [6, 6.07) is 5.30. The van der Waals surface area contributed by atoms with Crippen LogP contribution >= 0.6 is 0 Å². The first-order chi connectivity index (χ1) is 7.58. The van der Waals surface area contributed by atoms with Crippen molar-refractivity contribution in [1.82, 2.24) is 0 Å². The van der Waals surface area contributed by atoms with Crippen LogP contribution in [0.1, 0.15) is 23.2 Å². The van der Waals surface area contributed by atoms with E-state index in [-0.39, 0.29) is 0 Å². The van der Waals surface area contributed by atoms with Crippen molar-refractivity contribution in [2.75, 3.05) is 24.2 Å². The number of carbonyl (C=O) groups is 1. The number of anilines is 2. The predicted molar refractivity (Wildman–Crippen MR) is 65.4 cm³/mol. The number of nitrogens with zero attached hydrogens (tertiary/aromatic N) is 1. The molecule has 0 spiro atoms. The first-order valence-electron chi connectivity index (χ1n) is 5.48. The van der Waals surface area contributed by atoms with Gasteiger partial charge in [-0.15, -0.1) is 0 Å². The van der Waals surface area contributed by atoms with E-state index in [1.807, 2.05) is 13.1 Å². The first-order valence-corrected chi connectivity index (χ1v) is 5.48. The molecule has 0 radical (unpaired) electrons. The minimum atomic E-state index is -0.426. The minimum Gasteiger partial charge on any atom is -0.399 e. The molecule has 0 unspecified atom stereocenters. The number of hydrogen-bond donors (Lipinski definition) is 2. The van der Waals surface area contributed by atoms with Crippen LogP contribution in [-0.4, -0.2) is 19.5 Å². The number of benzene rings is 1. The largest absolute Gasteiger partial charge is 0.399 e. The Morgan fingerprint density at radius 2 is 2.19 bits per heavy atom. The third-order valence-electron chi connectivity index (χ3n) is 2.93. The third kappa shape index (κ3) is 2.27. The molecule has 1 amide bonds. The Balaban J connectivity index is 2.26. The van der Waals surface area contributed by atoms with Crippen molar-refractivity contribution in [2.45, 2.75) is 12.8 Å². The van der Waals surface area contributed by atoms with E-state index in [4.69, 9.17) is 11.5 Å². The molecule has 4 heteroatoms. The molecule has 2 rings (SSSR count). The first kappa shape index (κ1) is 10.8. The SMILES string of the molecule is CN(CC1CC1)c1ccc(N)cc1C(N)=O. The highest BCUT2D eigenvalue weighted by atomic mass is 16.1. The highest BCUT2D eigenvalue weighted by Gasteiger charge is 2.24. The minimum absolute atomic E-state index is 0.426. The molecular formula is C12H17N3O. The van der Waals surface area contributed by atoms with Crippen LogP contribution < -0.4 is 16.4 Å². The fourth-order valence-electron chi connectivity index (χ4n) is 1.87. The lowest BCUT2D eigenvalue weighted by atomic mass is 10.1. The van der Waals surface area contributed by atoms with Gasteiger partial charge in [0.25, 0.3) is 5.91 Å². The molecule has 4 nitrogen and oxygen atoms in total. The second-order valence-corrected chi connectivity index (χ2v) is 4.46. The molecule has 1 aliphatic carbocycles. The monoisotopic (exact) mass is 219 g/mol. The van der Waals surface area contributed by atoms with E-state index >= 15 is 0 Å². The van der Waals surface area contributed by atoms with Gasteiger partial charge in [-0.2, -0.15) is 0 Å². The summed E-state index contributed by atoms with van der Waals surface area (Å²) in [4.78, 5) is 13.4. The Hall–Kier alpha value is -1.71. The molecule has 86 valence electrons. The van der Waals surface area contributed by atoms with Gasteiger partial charge < -0.3 is 16.4 Å². The molecule has 0 aliphatic heterocycles. The maximum Gasteiger partial charge on any atom is 0.250 e. The summed E-state index contributed by atoms with van der Waals surface area (Å²) >= 11 is 0. The molecule has 0 bridgehead atoms. The molecule has 4 N–H and O–H groups in total. The molecular weight excluding hydrogens is 202 g/mol. The highest BCUT2D eigenvalue weighted by Crippen LogP contribution is 2.32. The maximum atomic E-state index is 11.3. The zero-order chi connectivity index (χ0) is 11.7. The van der Waals surface area contributed by atoms with Crippen LogP contribution in [0.15, 0.2) is 18.2 Å². The Morgan fingerprint density at radius 3 is 2.75 bits per heavy atom. The summed E-state index contributed by atoms with van der Waals surface area (Å²) in [5.74, 6) is 0.341. The summed E-state index contributed by atoms with van der Waals surface area (Å²) < 4.78 is 0. The summed E-state index contributed by atoms with van der Waals surface area (Å²) in [5.41, 5.74) is 12.9. The maximum absolute atomic E-state index is 11.3. The van der Waals surface area contributed by atoms with Gasteiger partial charge in [-0.3, -0.25) is 4.79 Å². The van der Waals surface area contributed by atoms with E-state index in [9.17, 15) is 4.79 Å². The molecule has 1 aromatic rings. The average molecular weight is 219 g/mol. The lowest BCUT2D eigenvalue weighted by Crippen LogP contribution is -2.24. The zero-order valence-electron chi connectivity index (χ0n) is 9.44. The lowest BCUT2D eigenvalue weighted by molar-refractivity contribution is 0.100. The third-order valence-corrected chi connectivity index (χ3v) is 2.93. The van der Waals surface area contributed by atoms with Crippen molar-refractivity contribution in [1.29, 1.82) is 0 Å². The zero-order valence-corrected chi connectivity index (χ0v) is 9.44. The topological polar surface area (TPSA) is 72.3 Å². The second-order valence-electron chi connectivity index (χ2n) is 4.46. The number of amides is 1. The Labute approximate surface area is 95.2 Å². The van der Waals surface area contributed by atoms with Crippen molar-refractivity contribution in [3.05, 3.63) is 23.8 Å². The number of primary amides is 1. The van der Waals surface area contributed by atoms with Gasteiger partial charge in [-0.1, -0.05) is 0 Å². The van der Waals surface area contributed by atoms with Crippen molar-refractivity contribution < 1.29 is 4.79 Å². The van der Waals surface area contributed by atoms with E-state index < -0.39 is 5.91 Å².